The summed E-state index contributed by atoms with van der Waals surface area (Å²) >= 11 is 0. The molecule has 1 amide bonds. The lowest BCUT2D eigenvalue weighted by Gasteiger charge is -2.22. The second-order valence-electron chi connectivity index (χ2n) is 6.19. The molecular formula is C21H23N3O. The van der Waals surface area contributed by atoms with Crippen molar-refractivity contribution in [2.24, 2.45) is 0 Å². The van der Waals surface area contributed by atoms with Gasteiger partial charge < -0.3 is 4.90 Å². The van der Waals surface area contributed by atoms with E-state index in [1.165, 1.54) is 5.56 Å². The molecule has 1 aliphatic carbocycles. The quantitative estimate of drug-likeness (QED) is 0.755. The van der Waals surface area contributed by atoms with Crippen molar-refractivity contribution in [2.75, 3.05) is 13.1 Å². The van der Waals surface area contributed by atoms with Crippen molar-refractivity contribution in [3.05, 3.63) is 72.7 Å². The van der Waals surface area contributed by atoms with Gasteiger partial charge in [-0.3, -0.25) is 4.79 Å². The molecule has 0 unspecified atom stereocenters. The zero-order valence-corrected chi connectivity index (χ0v) is 14.4. The van der Waals surface area contributed by atoms with Gasteiger partial charge in [-0.2, -0.15) is 0 Å². The number of fused-ring (bicyclic) bond motifs is 1. The van der Waals surface area contributed by atoms with Gasteiger partial charge in [0.15, 0.2) is 0 Å². The number of carbonyl (C=O) groups excluding carboxylic acids is 1. The van der Waals surface area contributed by atoms with Gasteiger partial charge in [0.2, 0.25) is 0 Å². The topological polar surface area (TPSA) is 46.1 Å². The molecule has 0 saturated carbocycles. The van der Waals surface area contributed by atoms with Gasteiger partial charge in [0.05, 0.1) is 5.69 Å². The Labute approximate surface area is 148 Å². The average molecular weight is 333 g/mol. The van der Waals surface area contributed by atoms with Gasteiger partial charge in [-0.05, 0) is 31.7 Å². The minimum absolute atomic E-state index is 0.0291. The highest BCUT2D eigenvalue weighted by Gasteiger charge is 2.22. The Morgan fingerprint density at radius 1 is 1.08 bits per heavy atom. The van der Waals surface area contributed by atoms with Crippen LogP contribution in [0.25, 0.3) is 11.3 Å². The van der Waals surface area contributed by atoms with Crippen LogP contribution in [0, 0.1) is 0 Å². The van der Waals surface area contributed by atoms with Crippen molar-refractivity contribution in [3.8, 4) is 11.3 Å². The van der Waals surface area contributed by atoms with Gasteiger partial charge in [-0.25, -0.2) is 9.97 Å². The first-order valence-electron chi connectivity index (χ1n) is 8.69. The summed E-state index contributed by atoms with van der Waals surface area (Å²) in [7, 11) is 0. The van der Waals surface area contributed by atoms with Crippen LogP contribution in [0.2, 0.25) is 0 Å². The number of hydrogen-bond donors (Lipinski definition) is 0. The van der Waals surface area contributed by atoms with Crippen LogP contribution in [0.4, 0.5) is 0 Å². The van der Waals surface area contributed by atoms with Crippen molar-refractivity contribution in [1.82, 2.24) is 14.9 Å². The summed E-state index contributed by atoms with van der Waals surface area (Å²) in [5, 5.41) is 0. The summed E-state index contributed by atoms with van der Waals surface area (Å²) in [6.45, 7) is 8.47. The summed E-state index contributed by atoms with van der Waals surface area (Å²) < 4.78 is 0. The highest BCUT2D eigenvalue weighted by atomic mass is 16.2. The predicted molar refractivity (Wildman–Crippen MR) is 100 cm³/mol. The van der Waals surface area contributed by atoms with Gasteiger partial charge in [-0.1, -0.05) is 30.4 Å². The first-order valence-corrected chi connectivity index (χ1v) is 8.69. The van der Waals surface area contributed by atoms with Crippen molar-refractivity contribution >= 4 is 5.91 Å². The van der Waals surface area contributed by atoms with Crippen LogP contribution in [0.15, 0.2) is 55.9 Å². The van der Waals surface area contributed by atoms with Gasteiger partial charge >= 0.3 is 0 Å². The molecule has 0 bridgehead atoms. The van der Waals surface area contributed by atoms with E-state index in [-0.39, 0.29) is 5.91 Å². The largest absolute Gasteiger partial charge is 0.331 e. The van der Waals surface area contributed by atoms with E-state index >= 15 is 0 Å². The lowest BCUT2D eigenvalue weighted by molar-refractivity contribution is 0.0791. The number of hydrogen-bond acceptors (Lipinski definition) is 3. The molecule has 1 aliphatic rings. The molecule has 1 aromatic heterocycles. The van der Waals surface area contributed by atoms with Gasteiger partial charge in [0, 0.05) is 35.5 Å². The van der Waals surface area contributed by atoms with Gasteiger partial charge in [0.1, 0.15) is 6.33 Å². The Bertz CT molecular complexity index is 787. The smallest absolute Gasteiger partial charge is 0.255 e. The Kier molecular flexibility index (Phi) is 5.39. The van der Waals surface area contributed by atoms with Crippen LogP contribution in [-0.4, -0.2) is 33.9 Å². The monoisotopic (exact) mass is 333 g/mol. The summed E-state index contributed by atoms with van der Waals surface area (Å²) in [5.41, 5.74) is 4.75. The Morgan fingerprint density at radius 2 is 1.80 bits per heavy atom. The fourth-order valence-corrected chi connectivity index (χ4v) is 3.35. The maximum Gasteiger partial charge on any atom is 0.255 e. The van der Waals surface area contributed by atoms with E-state index in [4.69, 9.17) is 0 Å². The normalized spacial score (nSPS) is 13.0. The van der Waals surface area contributed by atoms with Crippen LogP contribution in [0.5, 0.6) is 0 Å². The molecule has 1 heterocycles. The van der Waals surface area contributed by atoms with Crippen LogP contribution < -0.4 is 0 Å². The highest BCUT2D eigenvalue weighted by Crippen LogP contribution is 2.31. The van der Waals surface area contributed by atoms with E-state index in [0.29, 0.717) is 18.7 Å². The Hall–Kier alpha value is -2.75. The standard InChI is InChI=1S/C21H23N3O/c1-3-13-24(14-4-2)21(25)17-10-6-5-9-16(17)20-18-11-7-8-12-19(18)22-15-23-20/h3-6,9-10,15H,1-2,7-8,11-14H2. The molecule has 4 nitrogen and oxygen atoms in total. The molecule has 2 aromatic rings. The minimum Gasteiger partial charge on any atom is -0.331 e. The average Bonchev–Trinajstić information content (AvgIpc) is 2.67. The van der Waals surface area contributed by atoms with Crippen molar-refractivity contribution < 1.29 is 4.79 Å². The van der Waals surface area contributed by atoms with Crippen LogP contribution in [0.3, 0.4) is 0 Å². The number of rotatable bonds is 6. The summed E-state index contributed by atoms with van der Waals surface area (Å²) in [5.74, 6) is -0.0291. The van der Waals surface area contributed by atoms with E-state index in [1.807, 2.05) is 24.3 Å². The maximum atomic E-state index is 13.1. The first-order chi connectivity index (χ1) is 12.3. The van der Waals surface area contributed by atoms with Crippen molar-refractivity contribution in [1.29, 1.82) is 0 Å². The van der Waals surface area contributed by atoms with E-state index in [2.05, 4.69) is 23.1 Å². The van der Waals surface area contributed by atoms with Crippen LogP contribution >= 0.6 is 0 Å². The molecular weight excluding hydrogens is 310 g/mol. The summed E-state index contributed by atoms with van der Waals surface area (Å²) in [6.07, 6.45) is 9.34. The zero-order chi connectivity index (χ0) is 17.6. The number of benzene rings is 1. The zero-order valence-electron chi connectivity index (χ0n) is 14.4. The maximum absolute atomic E-state index is 13.1. The molecule has 1 aromatic carbocycles. The van der Waals surface area contributed by atoms with Crippen LogP contribution in [-0.2, 0) is 12.8 Å². The fraction of sp³-hybridized carbons (Fsp3) is 0.286. The number of carbonyl (C=O) groups is 1. The number of nitrogens with zero attached hydrogens (tertiary/aromatic N) is 3. The van der Waals surface area contributed by atoms with Crippen molar-refractivity contribution in [2.45, 2.75) is 25.7 Å². The Balaban J connectivity index is 2.06. The molecule has 0 radical (unpaired) electrons. The van der Waals surface area contributed by atoms with Gasteiger partial charge in [-0.15, -0.1) is 13.2 Å². The van der Waals surface area contributed by atoms with Crippen LogP contribution in [0.1, 0.15) is 34.5 Å². The third-order valence-corrected chi connectivity index (χ3v) is 4.52. The molecule has 0 aliphatic heterocycles. The number of aryl methyl sites for hydroxylation is 1. The van der Waals surface area contributed by atoms with E-state index < -0.39 is 0 Å². The fourth-order valence-electron chi connectivity index (χ4n) is 3.35. The second-order valence-corrected chi connectivity index (χ2v) is 6.19. The SMILES string of the molecule is C=CCN(CC=C)C(=O)c1ccccc1-c1ncnc2c1CCCC2. The first kappa shape index (κ1) is 17.1. The summed E-state index contributed by atoms with van der Waals surface area (Å²) in [4.78, 5) is 23.8. The lowest BCUT2D eigenvalue weighted by atomic mass is 9.90. The highest BCUT2D eigenvalue weighted by molar-refractivity contribution is 6.01. The number of aromatic nitrogens is 2. The third-order valence-electron chi connectivity index (χ3n) is 4.52. The minimum atomic E-state index is -0.0291. The molecule has 0 fully saturated rings. The molecule has 0 saturated heterocycles. The Morgan fingerprint density at radius 3 is 2.56 bits per heavy atom. The molecule has 0 atom stereocenters. The van der Waals surface area contributed by atoms with E-state index in [0.717, 1.165) is 42.6 Å². The molecule has 128 valence electrons. The molecule has 0 N–H and O–H groups in total. The molecule has 0 spiro atoms. The molecule has 3 rings (SSSR count). The lowest BCUT2D eigenvalue weighted by Crippen LogP contribution is -2.31. The van der Waals surface area contributed by atoms with Crippen molar-refractivity contribution in [3.63, 3.8) is 0 Å². The third kappa shape index (κ3) is 3.53. The summed E-state index contributed by atoms with van der Waals surface area (Å²) in [6, 6.07) is 7.69. The van der Waals surface area contributed by atoms with E-state index in [9.17, 15) is 4.79 Å². The molecule has 25 heavy (non-hydrogen) atoms. The molecule has 4 heteroatoms. The van der Waals surface area contributed by atoms with Gasteiger partial charge in [0.25, 0.3) is 5.91 Å². The second kappa shape index (κ2) is 7.88. The number of amides is 1. The van der Waals surface area contributed by atoms with E-state index in [1.54, 1.807) is 23.4 Å². The predicted octanol–water partition coefficient (Wildman–Crippen LogP) is 3.84.